The van der Waals surface area contributed by atoms with Crippen molar-refractivity contribution in [2.24, 2.45) is 0 Å². The lowest BCUT2D eigenvalue weighted by Crippen LogP contribution is -2.38. The molecule has 0 bridgehead atoms. The van der Waals surface area contributed by atoms with Crippen LogP contribution in [-0.2, 0) is 18.9 Å². The van der Waals surface area contributed by atoms with Gasteiger partial charge in [-0.1, -0.05) is 0 Å². The van der Waals surface area contributed by atoms with Crippen molar-refractivity contribution in [2.75, 3.05) is 13.1 Å². The van der Waals surface area contributed by atoms with Gasteiger partial charge >= 0.3 is 12.4 Å². The van der Waals surface area contributed by atoms with Crippen LogP contribution < -0.4 is 0 Å². The Kier molecular flexibility index (Phi) is 4.72. The lowest BCUT2D eigenvalue weighted by atomic mass is 10.0. The average Bonchev–Trinajstić information content (AvgIpc) is 2.36. The SMILES string of the molecule is OC1CCCN(Cc2cc(C(F)(F)F)ccc2C(F)(F)F)C1. The fourth-order valence-corrected chi connectivity index (χ4v) is 2.59. The summed E-state index contributed by atoms with van der Waals surface area (Å²) in [6.07, 6.45) is -8.92. The van der Waals surface area contributed by atoms with Crippen LogP contribution in [0.25, 0.3) is 0 Å². The van der Waals surface area contributed by atoms with Crippen LogP contribution in [-0.4, -0.2) is 29.2 Å². The third-order valence-corrected chi connectivity index (χ3v) is 3.61. The van der Waals surface area contributed by atoms with E-state index < -0.39 is 35.1 Å². The van der Waals surface area contributed by atoms with E-state index in [4.69, 9.17) is 0 Å². The van der Waals surface area contributed by atoms with E-state index in [-0.39, 0.29) is 13.1 Å². The van der Waals surface area contributed by atoms with Crippen LogP contribution in [0.15, 0.2) is 18.2 Å². The Labute approximate surface area is 123 Å². The number of aliphatic hydroxyl groups is 1. The fraction of sp³-hybridized carbons (Fsp3) is 0.571. The Hall–Kier alpha value is -1.28. The van der Waals surface area contributed by atoms with E-state index >= 15 is 0 Å². The molecule has 1 saturated heterocycles. The second-order valence-corrected chi connectivity index (χ2v) is 5.40. The number of nitrogens with zero attached hydrogens (tertiary/aromatic N) is 1. The van der Waals surface area contributed by atoms with E-state index in [2.05, 4.69) is 0 Å². The number of β-amino-alcohol motifs (C(OH)–C–C–N with tert-alkyl or cyclic N) is 1. The zero-order chi connectivity index (χ0) is 16.5. The molecule has 1 aliphatic heterocycles. The van der Waals surface area contributed by atoms with Crippen molar-refractivity contribution < 1.29 is 31.4 Å². The van der Waals surface area contributed by atoms with Crippen LogP contribution in [0.5, 0.6) is 0 Å². The van der Waals surface area contributed by atoms with E-state index in [1.165, 1.54) is 0 Å². The molecule has 1 fully saturated rings. The molecule has 1 aromatic rings. The first kappa shape index (κ1) is 17.1. The molecule has 1 unspecified atom stereocenters. The van der Waals surface area contributed by atoms with Crippen LogP contribution in [0, 0.1) is 0 Å². The minimum Gasteiger partial charge on any atom is -0.392 e. The number of alkyl halides is 6. The second-order valence-electron chi connectivity index (χ2n) is 5.40. The Morgan fingerprint density at radius 3 is 2.32 bits per heavy atom. The van der Waals surface area contributed by atoms with Crippen molar-refractivity contribution in [1.29, 1.82) is 0 Å². The summed E-state index contributed by atoms with van der Waals surface area (Å²) >= 11 is 0. The number of benzene rings is 1. The van der Waals surface area contributed by atoms with E-state index in [9.17, 15) is 31.4 Å². The maximum Gasteiger partial charge on any atom is 0.416 e. The van der Waals surface area contributed by atoms with Crippen molar-refractivity contribution >= 4 is 0 Å². The third-order valence-electron chi connectivity index (χ3n) is 3.61. The highest BCUT2D eigenvalue weighted by molar-refractivity contribution is 5.35. The lowest BCUT2D eigenvalue weighted by molar-refractivity contribution is -0.142. The van der Waals surface area contributed by atoms with E-state index in [1.807, 2.05) is 0 Å². The number of hydrogen-bond acceptors (Lipinski definition) is 2. The molecule has 0 aromatic heterocycles. The average molecular weight is 327 g/mol. The summed E-state index contributed by atoms with van der Waals surface area (Å²) in [5.41, 5.74) is -2.59. The van der Waals surface area contributed by atoms with Crippen molar-refractivity contribution in [1.82, 2.24) is 4.90 Å². The maximum absolute atomic E-state index is 13.0. The molecule has 2 nitrogen and oxygen atoms in total. The molecule has 22 heavy (non-hydrogen) atoms. The molecule has 0 spiro atoms. The summed E-state index contributed by atoms with van der Waals surface area (Å²) in [4.78, 5) is 1.54. The molecule has 124 valence electrons. The summed E-state index contributed by atoms with van der Waals surface area (Å²) in [5, 5.41) is 9.53. The van der Waals surface area contributed by atoms with Gasteiger partial charge < -0.3 is 5.11 Å². The number of hydrogen-bond donors (Lipinski definition) is 1. The highest BCUT2D eigenvalue weighted by Crippen LogP contribution is 2.37. The minimum atomic E-state index is -4.71. The quantitative estimate of drug-likeness (QED) is 0.838. The van der Waals surface area contributed by atoms with Gasteiger partial charge in [0.2, 0.25) is 0 Å². The normalized spacial score (nSPS) is 21.1. The first-order valence-electron chi connectivity index (χ1n) is 6.75. The van der Waals surface area contributed by atoms with Crippen molar-refractivity contribution in [3.8, 4) is 0 Å². The first-order valence-corrected chi connectivity index (χ1v) is 6.75. The Balaban J connectivity index is 2.33. The molecule has 8 heteroatoms. The predicted molar refractivity (Wildman–Crippen MR) is 67.0 cm³/mol. The van der Waals surface area contributed by atoms with Crippen molar-refractivity contribution in [2.45, 2.75) is 37.8 Å². The minimum absolute atomic E-state index is 0.160. The zero-order valence-electron chi connectivity index (χ0n) is 11.5. The third kappa shape index (κ3) is 4.13. The highest BCUT2D eigenvalue weighted by Gasteiger charge is 2.37. The van der Waals surface area contributed by atoms with Crippen molar-refractivity contribution in [3.05, 3.63) is 34.9 Å². The number of rotatable bonds is 2. The maximum atomic E-state index is 13.0. The van der Waals surface area contributed by atoms with Crippen LogP contribution in [0.3, 0.4) is 0 Å². The summed E-state index contributed by atoms with van der Waals surface area (Å²) in [7, 11) is 0. The summed E-state index contributed by atoms with van der Waals surface area (Å²) in [5.74, 6) is 0. The van der Waals surface area contributed by atoms with Gasteiger partial charge in [-0.15, -0.1) is 0 Å². The van der Waals surface area contributed by atoms with Gasteiger partial charge in [0.1, 0.15) is 0 Å². The largest absolute Gasteiger partial charge is 0.416 e. The van der Waals surface area contributed by atoms with Gasteiger partial charge in [-0.2, -0.15) is 26.3 Å². The van der Waals surface area contributed by atoms with Gasteiger partial charge in [-0.05, 0) is 43.1 Å². The lowest BCUT2D eigenvalue weighted by Gasteiger charge is -2.31. The molecule has 1 aromatic carbocycles. The monoisotopic (exact) mass is 327 g/mol. The number of aliphatic hydroxyl groups excluding tert-OH is 1. The molecule has 2 rings (SSSR count). The van der Waals surface area contributed by atoms with Gasteiger partial charge in [-0.25, -0.2) is 0 Å². The molecular formula is C14H15F6NO. The fourth-order valence-electron chi connectivity index (χ4n) is 2.59. The number of likely N-dealkylation sites (tertiary alicyclic amines) is 1. The summed E-state index contributed by atoms with van der Waals surface area (Å²) in [6, 6.07) is 1.46. The van der Waals surface area contributed by atoms with Gasteiger partial charge in [-0.3, -0.25) is 4.90 Å². The van der Waals surface area contributed by atoms with Crippen LogP contribution in [0.4, 0.5) is 26.3 Å². The van der Waals surface area contributed by atoms with Gasteiger partial charge in [0.25, 0.3) is 0 Å². The molecule has 1 atom stereocenters. The summed E-state index contributed by atoms with van der Waals surface area (Å²) < 4.78 is 77.0. The molecule has 1 N–H and O–H groups in total. The Morgan fingerprint density at radius 1 is 1.09 bits per heavy atom. The van der Waals surface area contributed by atoms with Gasteiger partial charge in [0.05, 0.1) is 17.2 Å². The smallest absolute Gasteiger partial charge is 0.392 e. The molecule has 0 amide bonds. The summed E-state index contributed by atoms with van der Waals surface area (Å²) in [6.45, 7) is 0.341. The molecule has 1 aliphatic rings. The topological polar surface area (TPSA) is 23.5 Å². The molecule has 0 saturated carbocycles. The number of halogens is 6. The van der Waals surface area contributed by atoms with E-state index in [0.717, 1.165) is 0 Å². The van der Waals surface area contributed by atoms with Gasteiger partial charge in [0.15, 0.2) is 0 Å². The highest BCUT2D eigenvalue weighted by atomic mass is 19.4. The predicted octanol–water partition coefficient (Wildman–Crippen LogP) is 3.68. The van der Waals surface area contributed by atoms with Gasteiger partial charge in [0, 0.05) is 13.1 Å². The van der Waals surface area contributed by atoms with Crippen LogP contribution in [0.1, 0.15) is 29.5 Å². The van der Waals surface area contributed by atoms with Crippen LogP contribution >= 0.6 is 0 Å². The standard InChI is InChI=1S/C14H15F6NO/c15-13(16,17)10-3-4-12(14(18,19)20)9(6-10)7-21-5-1-2-11(22)8-21/h3-4,6,11,22H,1-2,5,7-8H2. The Bertz CT molecular complexity index is 525. The second kappa shape index (κ2) is 6.08. The molecule has 0 radical (unpaired) electrons. The molecule has 0 aliphatic carbocycles. The zero-order valence-corrected chi connectivity index (χ0v) is 11.5. The van der Waals surface area contributed by atoms with Crippen molar-refractivity contribution in [3.63, 3.8) is 0 Å². The Morgan fingerprint density at radius 2 is 1.77 bits per heavy atom. The number of piperidine rings is 1. The molecule has 1 heterocycles. The first-order chi connectivity index (χ1) is 10.1. The van der Waals surface area contributed by atoms with E-state index in [0.29, 0.717) is 37.6 Å². The van der Waals surface area contributed by atoms with Crippen LogP contribution in [0.2, 0.25) is 0 Å². The van der Waals surface area contributed by atoms with E-state index in [1.54, 1.807) is 4.90 Å². The molecular weight excluding hydrogens is 312 g/mol.